The first kappa shape index (κ1) is 13.9. The van der Waals surface area contributed by atoms with Crippen molar-refractivity contribution in [1.82, 2.24) is 0 Å². The van der Waals surface area contributed by atoms with Gasteiger partial charge in [0.05, 0.1) is 0 Å². The molecule has 0 aromatic heterocycles. The third kappa shape index (κ3) is 3.26. The molecule has 0 saturated carbocycles. The lowest BCUT2D eigenvalue weighted by atomic mass is 10.1. The number of anilines is 1. The van der Waals surface area contributed by atoms with E-state index in [1.807, 2.05) is 43.3 Å². The Bertz CT molecular complexity index is 631. The predicted octanol–water partition coefficient (Wildman–Crippen LogP) is 3.35. The molecule has 1 N–H and O–H groups in total. The highest BCUT2D eigenvalue weighted by molar-refractivity contribution is 6.06. The molecule has 0 unspecified atom stereocenters. The van der Waals surface area contributed by atoms with E-state index in [1.54, 1.807) is 30.3 Å². The van der Waals surface area contributed by atoms with Gasteiger partial charge in [-0.3, -0.25) is 4.79 Å². The third-order valence-corrected chi connectivity index (χ3v) is 3.00. The zero-order valence-electron chi connectivity index (χ0n) is 11.6. The van der Waals surface area contributed by atoms with Gasteiger partial charge in [0.25, 0.3) is 0 Å². The van der Waals surface area contributed by atoms with E-state index in [0.717, 1.165) is 5.69 Å². The summed E-state index contributed by atoms with van der Waals surface area (Å²) in [6.45, 7) is 0. The van der Waals surface area contributed by atoms with Crippen LogP contribution in [0.3, 0.4) is 0 Å². The maximum atomic E-state index is 11.9. The number of carbonyl (C=O) groups is 1. The monoisotopic (exact) mass is 267 g/mol. The summed E-state index contributed by atoms with van der Waals surface area (Å²) in [6.07, 6.45) is 3.10. The molecule has 0 radical (unpaired) electrons. The Kier molecular flexibility index (Phi) is 4.20. The van der Waals surface area contributed by atoms with Crippen LogP contribution in [0.15, 0.2) is 54.6 Å². The Balaban J connectivity index is 2.18. The molecular weight excluding hydrogens is 250 g/mol. The van der Waals surface area contributed by atoms with Crippen LogP contribution in [-0.4, -0.2) is 25.0 Å². The number of rotatable bonds is 4. The van der Waals surface area contributed by atoms with Crippen molar-refractivity contribution in [1.29, 1.82) is 0 Å². The van der Waals surface area contributed by atoms with Gasteiger partial charge in [0.15, 0.2) is 5.78 Å². The molecule has 0 heterocycles. The number of hydrogen-bond acceptors (Lipinski definition) is 3. The molecule has 0 bridgehead atoms. The van der Waals surface area contributed by atoms with Crippen molar-refractivity contribution >= 4 is 17.5 Å². The highest BCUT2D eigenvalue weighted by Gasteiger charge is 2.03. The fourth-order valence-electron chi connectivity index (χ4n) is 1.82. The van der Waals surface area contributed by atoms with Gasteiger partial charge >= 0.3 is 0 Å². The molecule has 0 aliphatic rings. The molecule has 0 saturated heterocycles. The van der Waals surface area contributed by atoms with E-state index in [2.05, 4.69) is 0 Å². The quantitative estimate of drug-likeness (QED) is 0.682. The fourth-order valence-corrected chi connectivity index (χ4v) is 1.82. The van der Waals surface area contributed by atoms with Crippen LogP contribution >= 0.6 is 0 Å². The van der Waals surface area contributed by atoms with Crippen LogP contribution in [0.5, 0.6) is 5.75 Å². The minimum atomic E-state index is -0.0818. The maximum absolute atomic E-state index is 11.9. The van der Waals surface area contributed by atoms with Crippen LogP contribution in [0.2, 0.25) is 0 Å². The number of benzene rings is 2. The summed E-state index contributed by atoms with van der Waals surface area (Å²) < 4.78 is 0. The molecule has 20 heavy (non-hydrogen) atoms. The molecule has 3 heteroatoms. The molecule has 0 aliphatic heterocycles. The van der Waals surface area contributed by atoms with Crippen molar-refractivity contribution in [3.8, 4) is 5.75 Å². The fraction of sp³-hybridized carbons (Fsp3) is 0.118. The SMILES string of the molecule is CN(C)c1ccc(/C=C/C(=O)c2ccccc2)c(O)c1. The van der Waals surface area contributed by atoms with Gasteiger partial charge in [-0.1, -0.05) is 30.3 Å². The molecule has 2 aromatic carbocycles. The number of hydrogen-bond donors (Lipinski definition) is 1. The summed E-state index contributed by atoms with van der Waals surface area (Å²) >= 11 is 0. The van der Waals surface area contributed by atoms with Crippen LogP contribution in [0.4, 0.5) is 5.69 Å². The summed E-state index contributed by atoms with van der Waals surface area (Å²) in [7, 11) is 3.81. The number of carbonyl (C=O) groups excluding carboxylic acids is 1. The van der Waals surface area contributed by atoms with Gasteiger partial charge in [-0.2, -0.15) is 0 Å². The Morgan fingerprint density at radius 3 is 2.40 bits per heavy atom. The molecular formula is C17H17NO2. The summed E-state index contributed by atoms with van der Waals surface area (Å²) in [5.74, 6) is 0.0787. The van der Waals surface area contributed by atoms with Crippen molar-refractivity contribution in [2.24, 2.45) is 0 Å². The van der Waals surface area contributed by atoms with E-state index in [1.165, 1.54) is 6.08 Å². The molecule has 0 atom stereocenters. The standard InChI is InChI=1S/C17H17NO2/c1-18(2)15-10-8-14(17(20)12-15)9-11-16(19)13-6-4-3-5-7-13/h3-12,20H,1-2H3/b11-9+. The zero-order chi connectivity index (χ0) is 14.5. The number of phenols is 1. The number of ketones is 1. The molecule has 0 aliphatic carbocycles. The second-order valence-electron chi connectivity index (χ2n) is 4.70. The molecule has 0 amide bonds. The summed E-state index contributed by atoms with van der Waals surface area (Å²) in [5.41, 5.74) is 2.17. The van der Waals surface area contributed by atoms with Crippen LogP contribution in [0.25, 0.3) is 6.08 Å². The second-order valence-corrected chi connectivity index (χ2v) is 4.70. The Hall–Kier alpha value is -2.55. The number of nitrogens with zero attached hydrogens (tertiary/aromatic N) is 1. The van der Waals surface area contributed by atoms with E-state index in [4.69, 9.17) is 0 Å². The highest BCUT2D eigenvalue weighted by atomic mass is 16.3. The number of phenolic OH excluding ortho intramolecular Hbond substituents is 1. The molecule has 0 spiro atoms. The average Bonchev–Trinajstić information content (AvgIpc) is 2.46. The molecule has 2 aromatic rings. The number of allylic oxidation sites excluding steroid dienone is 1. The van der Waals surface area contributed by atoms with Gasteiger partial charge in [-0.15, -0.1) is 0 Å². The van der Waals surface area contributed by atoms with Gasteiger partial charge in [-0.05, 0) is 24.3 Å². The normalized spacial score (nSPS) is 10.7. The summed E-state index contributed by atoms with van der Waals surface area (Å²) in [5, 5.41) is 9.93. The van der Waals surface area contributed by atoms with Crippen LogP contribution < -0.4 is 4.90 Å². The number of aromatic hydroxyl groups is 1. The smallest absolute Gasteiger partial charge is 0.185 e. The highest BCUT2D eigenvalue weighted by Crippen LogP contribution is 2.24. The van der Waals surface area contributed by atoms with Gasteiger partial charge in [-0.25, -0.2) is 0 Å². The predicted molar refractivity (Wildman–Crippen MR) is 82.2 cm³/mol. The van der Waals surface area contributed by atoms with E-state index in [-0.39, 0.29) is 11.5 Å². The van der Waals surface area contributed by atoms with E-state index >= 15 is 0 Å². The first-order chi connectivity index (χ1) is 9.58. The maximum Gasteiger partial charge on any atom is 0.185 e. The van der Waals surface area contributed by atoms with Gasteiger partial charge < -0.3 is 10.0 Å². The first-order valence-corrected chi connectivity index (χ1v) is 6.36. The van der Waals surface area contributed by atoms with Gasteiger partial charge in [0, 0.05) is 37.0 Å². The van der Waals surface area contributed by atoms with Crippen molar-refractivity contribution in [2.75, 3.05) is 19.0 Å². The molecule has 0 fully saturated rings. The Morgan fingerprint density at radius 2 is 1.80 bits per heavy atom. The lowest BCUT2D eigenvalue weighted by molar-refractivity contribution is 0.104. The topological polar surface area (TPSA) is 40.5 Å². The van der Waals surface area contributed by atoms with Crippen LogP contribution in [0.1, 0.15) is 15.9 Å². The van der Waals surface area contributed by atoms with Gasteiger partial charge in [0.1, 0.15) is 5.75 Å². The third-order valence-electron chi connectivity index (χ3n) is 3.00. The molecule has 102 valence electrons. The Morgan fingerprint density at radius 1 is 1.10 bits per heavy atom. The van der Waals surface area contributed by atoms with E-state index in [0.29, 0.717) is 11.1 Å². The lowest BCUT2D eigenvalue weighted by Crippen LogP contribution is -2.08. The average molecular weight is 267 g/mol. The molecule has 3 nitrogen and oxygen atoms in total. The minimum absolute atomic E-state index is 0.0818. The van der Waals surface area contributed by atoms with Crippen molar-refractivity contribution < 1.29 is 9.90 Å². The zero-order valence-corrected chi connectivity index (χ0v) is 11.6. The van der Waals surface area contributed by atoms with Crippen molar-refractivity contribution in [3.63, 3.8) is 0 Å². The second kappa shape index (κ2) is 6.06. The van der Waals surface area contributed by atoms with E-state index < -0.39 is 0 Å². The largest absolute Gasteiger partial charge is 0.507 e. The Labute approximate surface area is 118 Å². The first-order valence-electron chi connectivity index (χ1n) is 6.36. The van der Waals surface area contributed by atoms with E-state index in [9.17, 15) is 9.90 Å². The summed E-state index contributed by atoms with van der Waals surface area (Å²) in [4.78, 5) is 13.8. The van der Waals surface area contributed by atoms with Crippen LogP contribution in [0, 0.1) is 0 Å². The van der Waals surface area contributed by atoms with Crippen molar-refractivity contribution in [3.05, 3.63) is 65.7 Å². The van der Waals surface area contributed by atoms with Gasteiger partial charge in [0.2, 0.25) is 0 Å². The van der Waals surface area contributed by atoms with Crippen LogP contribution in [-0.2, 0) is 0 Å². The van der Waals surface area contributed by atoms with Crippen molar-refractivity contribution in [2.45, 2.75) is 0 Å². The summed E-state index contributed by atoms with van der Waals surface area (Å²) in [6, 6.07) is 14.4. The molecule has 2 rings (SSSR count). The lowest BCUT2D eigenvalue weighted by Gasteiger charge is -2.13. The minimum Gasteiger partial charge on any atom is -0.507 e.